The summed E-state index contributed by atoms with van der Waals surface area (Å²) < 4.78 is 12.8. The Morgan fingerprint density at radius 3 is 2.64 bits per heavy atom. The van der Waals surface area contributed by atoms with Crippen molar-refractivity contribution in [1.82, 2.24) is 30.5 Å². The maximum atomic E-state index is 12.8. The van der Waals surface area contributed by atoms with Gasteiger partial charge in [0.2, 0.25) is 5.91 Å². The normalized spacial score (nSPS) is 23.3. The molecule has 1 atom stereocenters. The van der Waals surface area contributed by atoms with E-state index in [4.69, 9.17) is 0 Å². The van der Waals surface area contributed by atoms with Gasteiger partial charge in [-0.3, -0.25) is 29.4 Å². The number of halogens is 1. The van der Waals surface area contributed by atoms with Gasteiger partial charge in [0, 0.05) is 54.9 Å². The first-order chi connectivity index (χ1) is 18.9. The van der Waals surface area contributed by atoms with Crippen molar-refractivity contribution in [1.29, 1.82) is 0 Å². The topological polar surface area (TPSA) is 120 Å². The number of hydrogen-bond donors (Lipinski definition) is 3. The highest BCUT2D eigenvalue weighted by molar-refractivity contribution is 5.96. The molecule has 10 heteroatoms. The molecule has 5 rings (SSSR count). The Balaban J connectivity index is 1.07. The Bertz CT molecular complexity index is 1280. The van der Waals surface area contributed by atoms with Crippen LogP contribution < -0.4 is 10.6 Å². The van der Waals surface area contributed by atoms with E-state index in [1.54, 1.807) is 43.0 Å². The van der Waals surface area contributed by atoms with Gasteiger partial charge in [0.25, 0.3) is 5.91 Å². The summed E-state index contributed by atoms with van der Waals surface area (Å²) in [6.45, 7) is 0.844. The van der Waals surface area contributed by atoms with Gasteiger partial charge >= 0.3 is 0 Å². The van der Waals surface area contributed by atoms with E-state index >= 15 is 0 Å². The lowest BCUT2D eigenvalue weighted by molar-refractivity contribution is -0.120. The van der Waals surface area contributed by atoms with Crippen molar-refractivity contribution in [3.05, 3.63) is 78.0 Å². The molecular weight excluding hydrogens is 499 g/mol. The van der Waals surface area contributed by atoms with E-state index in [0.717, 1.165) is 43.6 Å². The highest BCUT2D eigenvalue weighted by Gasteiger charge is 2.39. The number of carbonyl (C=O) groups is 2. The van der Waals surface area contributed by atoms with Crippen LogP contribution in [0.15, 0.2) is 61.2 Å². The van der Waals surface area contributed by atoms with Gasteiger partial charge in [-0.2, -0.15) is 0 Å². The van der Waals surface area contributed by atoms with Gasteiger partial charge in [0.15, 0.2) is 0 Å². The predicted molar refractivity (Wildman–Crippen MR) is 143 cm³/mol. The molecule has 2 aliphatic rings. The van der Waals surface area contributed by atoms with Crippen LogP contribution in [0.5, 0.6) is 0 Å². The molecule has 39 heavy (non-hydrogen) atoms. The van der Waals surface area contributed by atoms with Crippen molar-refractivity contribution < 1.29 is 19.1 Å². The molecule has 2 aromatic heterocycles. The standard InChI is InChI=1S/C29H33FN6O3/c30-15-20-2-1-3-21(14-20)28(38)34-18-27(37)35-23-8-13-36(19-23)24-6-9-29(39,10-7-24)26-5-4-22(16-33-26)25-17-31-11-12-32-25/h1-5,11-12,14,16-17,23-24,39H,6-10,13,15,18-19H2,(H,34,38)(H,35,37)/t23-,24?,29?/m1/s1. The highest BCUT2D eigenvalue weighted by atomic mass is 19.1. The molecule has 204 valence electrons. The number of nitrogens with one attached hydrogen (secondary N) is 2. The van der Waals surface area contributed by atoms with Gasteiger partial charge in [-0.15, -0.1) is 0 Å². The molecule has 1 aliphatic carbocycles. The van der Waals surface area contributed by atoms with Crippen molar-refractivity contribution in [2.75, 3.05) is 19.6 Å². The number of carbonyl (C=O) groups excluding carboxylic acids is 2. The molecule has 2 fully saturated rings. The van der Waals surface area contributed by atoms with E-state index in [0.29, 0.717) is 35.7 Å². The van der Waals surface area contributed by atoms with Crippen LogP contribution in [0.2, 0.25) is 0 Å². The van der Waals surface area contributed by atoms with Crippen molar-refractivity contribution in [3.8, 4) is 11.3 Å². The highest BCUT2D eigenvalue weighted by Crippen LogP contribution is 2.38. The second-order valence-electron chi connectivity index (χ2n) is 10.4. The minimum atomic E-state index is -0.952. The number of rotatable bonds is 8. The fourth-order valence-electron chi connectivity index (χ4n) is 5.54. The lowest BCUT2D eigenvalue weighted by atomic mass is 9.79. The number of benzene rings is 1. The first kappa shape index (κ1) is 26.8. The molecule has 1 saturated heterocycles. The van der Waals surface area contributed by atoms with Crippen molar-refractivity contribution in [2.45, 2.75) is 56.5 Å². The maximum Gasteiger partial charge on any atom is 0.251 e. The third kappa shape index (κ3) is 6.46. The smallest absolute Gasteiger partial charge is 0.251 e. The molecule has 1 aromatic carbocycles. The van der Waals surface area contributed by atoms with Gasteiger partial charge in [0.1, 0.15) is 12.3 Å². The van der Waals surface area contributed by atoms with Gasteiger partial charge in [-0.1, -0.05) is 12.1 Å². The Hall–Kier alpha value is -3.76. The fraction of sp³-hybridized carbons (Fsp3) is 0.414. The Labute approximate surface area is 226 Å². The quantitative estimate of drug-likeness (QED) is 0.408. The van der Waals surface area contributed by atoms with Crippen molar-refractivity contribution in [3.63, 3.8) is 0 Å². The molecule has 3 N–H and O–H groups in total. The predicted octanol–water partition coefficient (Wildman–Crippen LogP) is 2.76. The molecule has 9 nitrogen and oxygen atoms in total. The van der Waals surface area contributed by atoms with Crippen molar-refractivity contribution in [2.24, 2.45) is 0 Å². The number of nitrogens with zero attached hydrogens (tertiary/aromatic N) is 4. The monoisotopic (exact) mass is 532 g/mol. The minimum absolute atomic E-state index is 0.0142. The second-order valence-corrected chi connectivity index (χ2v) is 10.4. The largest absolute Gasteiger partial charge is 0.384 e. The Morgan fingerprint density at radius 1 is 1.08 bits per heavy atom. The molecule has 2 amide bonds. The number of aromatic nitrogens is 3. The molecule has 3 aromatic rings. The summed E-state index contributed by atoms with van der Waals surface area (Å²) in [6, 6.07) is 10.5. The fourth-order valence-corrected chi connectivity index (χ4v) is 5.54. The van der Waals surface area contributed by atoms with Crippen LogP contribution in [0, 0.1) is 0 Å². The minimum Gasteiger partial charge on any atom is -0.384 e. The molecule has 0 spiro atoms. The average Bonchev–Trinajstić information content (AvgIpc) is 3.45. The number of likely N-dealkylation sites (tertiary alicyclic amines) is 1. The Kier molecular flexibility index (Phi) is 8.23. The summed E-state index contributed by atoms with van der Waals surface area (Å²) in [7, 11) is 0. The zero-order valence-electron chi connectivity index (χ0n) is 21.7. The van der Waals surface area contributed by atoms with Crippen molar-refractivity contribution >= 4 is 11.8 Å². The van der Waals surface area contributed by atoms with E-state index < -0.39 is 18.2 Å². The SMILES string of the molecule is O=C(CNC(=O)c1cccc(CF)c1)N[C@@H]1CCN(C2CCC(O)(c3ccc(-c4cnccn4)cn3)CC2)C1. The molecule has 0 bridgehead atoms. The first-order valence-corrected chi connectivity index (χ1v) is 13.4. The lowest BCUT2D eigenvalue weighted by Crippen LogP contribution is -2.45. The second kappa shape index (κ2) is 12.0. The van der Waals surface area contributed by atoms with Crippen LogP contribution >= 0.6 is 0 Å². The van der Waals surface area contributed by atoms with Crippen LogP contribution in [-0.2, 0) is 17.1 Å². The average molecular weight is 533 g/mol. The maximum absolute atomic E-state index is 12.8. The van der Waals surface area contributed by atoms with Crippen LogP contribution in [0.1, 0.15) is 53.7 Å². The van der Waals surface area contributed by atoms with E-state index in [2.05, 4.69) is 30.5 Å². The number of alkyl halides is 1. The number of amides is 2. The third-order valence-electron chi connectivity index (χ3n) is 7.74. The molecule has 3 heterocycles. The van der Waals surface area contributed by atoms with Gasteiger partial charge in [0.05, 0.1) is 24.1 Å². The van der Waals surface area contributed by atoms with Gasteiger partial charge in [-0.25, -0.2) is 4.39 Å². The van der Waals surface area contributed by atoms with E-state index in [1.807, 2.05) is 12.1 Å². The summed E-state index contributed by atoms with van der Waals surface area (Å²) in [4.78, 5) is 40.1. The van der Waals surface area contributed by atoms with Crippen LogP contribution in [-0.4, -0.2) is 68.5 Å². The molecule has 0 radical (unpaired) electrons. The van der Waals surface area contributed by atoms with Crippen LogP contribution in [0.25, 0.3) is 11.3 Å². The zero-order valence-corrected chi connectivity index (χ0v) is 21.7. The number of aliphatic hydroxyl groups is 1. The van der Waals surface area contributed by atoms with E-state index in [9.17, 15) is 19.1 Å². The van der Waals surface area contributed by atoms with E-state index in [1.165, 1.54) is 6.07 Å². The molecular formula is C29H33FN6O3. The van der Waals surface area contributed by atoms with Gasteiger partial charge < -0.3 is 15.7 Å². The molecule has 0 unspecified atom stereocenters. The first-order valence-electron chi connectivity index (χ1n) is 13.4. The van der Waals surface area contributed by atoms with Crippen LogP contribution in [0.4, 0.5) is 4.39 Å². The summed E-state index contributed by atoms with van der Waals surface area (Å²) in [5.74, 6) is -0.646. The number of hydrogen-bond acceptors (Lipinski definition) is 7. The third-order valence-corrected chi connectivity index (χ3v) is 7.74. The molecule has 1 saturated carbocycles. The zero-order chi connectivity index (χ0) is 27.2. The summed E-state index contributed by atoms with van der Waals surface area (Å²) in [6.07, 6.45) is 10.5. The summed E-state index contributed by atoms with van der Waals surface area (Å²) in [5, 5.41) is 17.0. The number of pyridine rings is 1. The van der Waals surface area contributed by atoms with Crippen LogP contribution in [0.3, 0.4) is 0 Å². The van der Waals surface area contributed by atoms with Gasteiger partial charge in [-0.05, 0) is 61.9 Å². The molecule has 1 aliphatic heterocycles. The Morgan fingerprint density at radius 2 is 1.92 bits per heavy atom. The lowest BCUT2D eigenvalue weighted by Gasteiger charge is -2.39. The summed E-state index contributed by atoms with van der Waals surface area (Å²) >= 11 is 0. The summed E-state index contributed by atoms with van der Waals surface area (Å²) in [5.41, 5.74) is 2.09. The van der Waals surface area contributed by atoms with E-state index in [-0.39, 0.29) is 18.5 Å².